The van der Waals surface area contributed by atoms with Gasteiger partial charge in [-0.15, -0.1) is 0 Å². The van der Waals surface area contributed by atoms with E-state index in [9.17, 15) is 9.59 Å². The number of hydrogen-bond donors (Lipinski definition) is 3. The molecule has 1 rings (SSSR count). The van der Waals surface area contributed by atoms with Crippen LogP contribution in [0.3, 0.4) is 0 Å². The Kier molecular flexibility index (Phi) is 5.80. The predicted octanol–water partition coefficient (Wildman–Crippen LogP) is 1.74. The zero-order valence-corrected chi connectivity index (χ0v) is 12.7. The molecule has 2 amide bonds. The first-order valence-corrected chi connectivity index (χ1v) is 7.19. The minimum Gasteiger partial charge on any atom is -0.480 e. The van der Waals surface area contributed by atoms with Gasteiger partial charge in [0.05, 0.1) is 5.60 Å². The van der Waals surface area contributed by atoms with Crippen LogP contribution in [0.2, 0.25) is 0 Å². The van der Waals surface area contributed by atoms with Gasteiger partial charge in [0.2, 0.25) is 0 Å². The summed E-state index contributed by atoms with van der Waals surface area (Å²) in [6.45, 7) is 8.29. The van der Waals surface area contributed by atoms with E-state index in [0.29, 0.717) is 13.0 Å². The highest BCUT2D eigenvalue weighted by Crippen LogP contribution is 2.23. The molecule has 0 aliphatic carbocycles. The lowest BCUT2D eigenvalue weighted by molar-refractivity contribution is -0.140. The van der Waals surface area contributed by atoms with Crippen molar-refractivity contribution in [1.29, 1.82) is 0 Å². The van der Waals surface area contributed by atoms with Crippen LogP contribution in [-0.4, -0.2) is 41.4 Å². The summed E-state index contributed by atoms with van der Waals surface area (Å²) in [5.41, 5.74) is -0.251. The Morgan fingerprint density at radius 1 is 1.45 bits per heavy atom. The fourth-order valence-electron chi connectivity index (χ4n) is 2.41. The van der Waals surface area contributed by atoms with Crippen LogP contribution in [0.5, 0.6) is 0 Å². The molecule has 20 heavy (non-hydrogen) atoms. The molecule has 3 N–H and O–H groups in total. The Balaban J connectivity index is 2.51. The van der Waals surface area contributed by atoms with Crippen molar-refractivity contribution in [3.63, 3.8) is 0 Å². The Labute approximate surface area is 120 Å². The third kappa shape index (κ3) is 5.00. The molecule has 0 radical (unpaired) electrons. The molecule has 6 heteroatoms. The van der Waals surface area contributed by atoms with E-state index in [2.05, 4.69) is 10.6 Å². The number of amides is 2. The smallest absolute Gasteiger partial charge is 0.326 e. The van der Waals surface area contributed by atoms with E-state index in [4.69, 9.17) is 9.84 Å². The number of hydrogen-bond acceptors (Lipinski definition) is 3. The van der Waals surface area contributed by atoms with Gasteiger partial charge < -0.3 is 20.5 Å². The third-order valence-corrected chi connectivity index (χ3v) is 3.80. The van der Waals surface area contributed by atoms with E-state index < -0.39 is 18.0 Å². The van der Waals surface area contributed by atoms with Crippen LogP contribution < -0.4 is 10.6 Å². The lowest BCUT2D eigenvalue weighted by atomic mass is 9.94. The number of urea groups is 1. The quantitative estimate of drug-likeness (QED) is 0.718. The Morgan fingerprint density at radius 3 is 2.60 bits per heavy atom. The molecule has 0 spiro atoms. The average molecular weight is 286 g/mol. The Bertz CT molecular complexity index is 357. The van der Waals surface area contributed by atoms with E-state index in [-0.39, 0.29) is 17.6 Å². The average Bonchev–Trinajstić information content (AvgIpc) is 2.33. The summed E-state index contributed by atoms with van der Waals surface area (Å²) < 4.78 is 5.59. The van der Waals surface area contributed by atoms with E-state index in [0.717, 1.165) is 12.8 Å². The lowest BCUT2D eigenvalue weighted by Gasteiger charge is -2.36. The zero-order chi connectivity index (χ0) is 15.3. The third-order valence-electron chi connectivity index (χ3n) is 3.80. The number of carbonyl (C=O) groups excluding carboxylic acids is 1. The Morgan fingerprint density at radius 2 is 2.10 bits per heavy atom. The van der Waals surface area contributed by atoms with E-state index in [1.165, 1.54) is 0 Å². The van der Waals surface area contributed by atoms with Gasteiger partial charge in [0.1, 0.15) is 6.04 Å². The highest BCUT2D eigenvalue weighted by atomic mass is 16.5. The highest BCUT2D eigenvalue weighted by Gasteiger charge is 2.31. The first-order chi connectivity index (χ1) is 9.25. The summed E-state index contributed by atoms with van der Waals surface area (Å²) >= 11 is 0. The molecular formula is C14H26N2O4. The molecule has 0 aromatic carbocycles. The van der Waals surface area contributed by atoms with E-state index in [1.54, 1.807) is 0 Å². The molecule has 1 saturated heterocycles. The maximum atomic E-state index is 11.9. The second kappa shape index (κ2) is 6.92. The van der Waals surface area contributed by atoms with Gasteiger partial charge in [-0.2, -0.15) is 0 Å². The molecule has 1 heterocycles. The standard InChI is InChI=1S/C14H26N2O4/c1-5-9(2)11(12(17)18)16-13(19)15-10-6-7-20-14(3,4)8-10/h9-11H,5-8H2,1-4H3,(H,17,18)(H2,15,16,19)/t9?,10?,11-/m0/s1. The molecule has 1 fully saturated rings. The minimum atomic E-state index is -0.998. The largest absolute Gasteiger partial charge is 0.480 e. The molecule has 0 bridgehead atoms. The summed E-state index contributed by atoms with van der Waals surface area (Å²) in [6.07, 6.45) is 2.17. The fourth-order valence-corrected chi connectivity index (χ4v) is 2.41. The van der Waals surface area contributed by atoms with Crippen molar-refractivity contribution in [2.24, 2.45) is 5.92 Å². The van der Waals surface area contributed by atoms with Crippen molar-refractivity contribution in [2.45, 2.75) is 64.6 Å². The van der Waals surface area contributed by atoms with E-state index in [1.807, 2.05) is 27.7 Å². The van der Waals surface area contributed by atoms with Crippen LogP contribution in [0.25, 0.3) is 0 Å². The van der Waals surface area contributed by atoms with Gasteiger partial charge in [0, 0.05) is 12.6 Å². The van der Waals surface area contributed by atoms with Crippen LogP contribution in [0.15, 0.2) is 0 Å². The molecule has 0 saturated carbocycles. The van der Waals surface area contributed by atoms with Crippen LogP contribution in [0.1, 0.15) is 47.0 Å². The SMILES string of the molecule is CCC(C)[C@H](NC(=O)NC1CCOC(C)(C)C1)C(=O)O. The van der Waals surface area contributed by atoms with Crippen LogP contribution in [-0.2, 0) is 9.53 Å². The van der Waals surface area contributed by atoms with Crippen molar-refractivity contribution in [2.75, 3.05) is 6.61 Å². The molecule has 1 aliphatic heterocycles. The van der Waals surface area contributed by atoms with Gasteiger partial charge in [-0.1, -0.05) is 20.3 Å². The molecule has 116 valence electrons. The van der Waals surface area contributed by atoms with Crippen LogP contribution in [0.4, 0.5) is 4.79 Å². The topological polar surface area (TPSA) is 87.7 Å². The number of carboxylic acids is 1. The number of nitrogens with one attached hydrogen (secondary N) is 2. The molecule has 2 unspecified atom stereocenters. The summed E-state index contributed by atoms with van der Waals surface area (Å²) in [5, 5.41) is 14.5. The number of aliphatic carboxylic acids is 1. The van der Waals surface area contributed by atoms with Crippen molar-refractivity contribution in [1.82, 2.24) is 10.6 Å². The Hall–Kier alpha value is -1.30. The van der Waals surface area contributed by atoms with E-state index >= 15 is 0 Å². The van der Waals surface area contributed by atoms with Gasteiger partial charge >= 0.3 is 12.0 Å². The van der Waals surface area contributed by atoms with Gasteiger partial charge in [0.15, 0.2) is 0 Å². The van der Waals surface area contributed by atoms with Gasteiger partial charge in [-0.25, -0.2) is 9.59 Å². The first-order valence-electron chi connectivity index (χ1n) is 7.19. The summed E-state index contributed by atoms with van der Waals surface area (Å²) in [6, 6.07) is -1.25. The predicted molar refractivity (Wildman–Crippen MR) is 75.6 cm³/mol. The lowest BCUT2D eigenvalue weighted by Crippen LogP contribution is -2.53. The van der Waals surface area contributed by atoms with Crippen molar-refractivity contribution in [3.05, 3.63) is 0 Å². The highest BCUT2D eigenvalue weighted by molar-refractivity contribution is 5.82. The fraction of sp³-hybridized carbons (Fsp3) is 0.857. The maximum absolute atomic E-state index is 11.9. The van der Waals surface area contributed by atoms with Crippen molar-refractivity contribution >= 4 is 12.0 Å². The molecule has 0 aromatic rings. The molecule has 0 aromatic heterocycles. The minimum absolute atomic E-state index is 0.0186. The number of carboxylic acid groups (broad SMARTS) is 1. The summed E-state index contributed by atoms with van der Waals surface area (Å²) in [4.78, 5) is 23.1. The number of carbonyl (C=O) groups is 2. The second-order valence-electron chi connectivity index (χ2n) is 6.12. The van der Waals surface area contributed by atoms with Crippen molar-refractivity contribution < 1.29 is 19.4 Å². The molecule has 6 nitrogen and oxygen atoms in total. The van der Waals surface area contributed by atoms with Gasteiger partial charge in [0.25, 0.3) is 0 Å². The van der Waals surface area contributed by atoms with Crippen LogP contribution in [0, 0.1) is 5.92 Å². The number of rotatable bonds is 5. The zero-order valence-electron chi connectivity index (χ0n) is 12.7. The second-order valence-corrected chi connectivity index (χ2v) is 6.12. The molecule has 3 atom stereocenters. The first kappa shape index (κ1) is 16.8. The monoisotopic (exact) mass is 286 g/mol. The maximum Gasteiger partial charge on any atom is 0.326 e. The van der Waals surface area contributed by atoms with Crippen molar-refractivity contribution in [3.8, 4) is 0 Å². The summed E-state index contributed by atoms with van der Waals surface area (Å²) in [5.74, 6) is -1.11. The molecular weight excluding hydrogens is 260 g/mol. The number of ether oxygens (including phenoxy) is 1. The normalized spacial score (nSPS) is 24.5. The van der Waals surface area contributed by atoms with Crippen LogP contribution >= 0.6 is 0 Å². The van der Waals surface area contributed by atoms with Gasteiger partial charge in [-0.05, 0) is 32.6 Å². The van der Waals surface area contributed by atoms with Gasteiger partial charge in [-0.3, -0.25) is 0 Å². The summed E-state index contributed by atoms with van der Waals surface area (Å²) in [7, 11) is 0. The molecule has 1 aliphatic rings.